The zero-order valence-corrected chi connectivity index (χ0v) is 17.6. The highest BCUT2D eigenvalue weighted by Gasteiger charge is 2.28. The van der Waals surface area contributed by atoms with E-state index in [2.05, 4.69) is 10.6 Å². The number of amides is 2. The number of sulfonamides is 1. The molecule has 1 saturated heterocycles. The van der Waals surface area contributed by atoms with E-state index in [9.17, 15) is 18.0 Å². The van der Waals surface area contributed by atoms with E-state index >= 15 is 0 Å². The van der Waals surface area contributed by atoms with Gasteiger partial charge in [0.15, 0.2) is 0 Å². The summed E-state index contributed by atoms with van der Waals surface area (Å²) in [5.41, 5.74) is 2.42. The number of nitrogens with one attached hydrogen (secondary N) is 2. The lowest BCUT2D eigenvalue weighted by Gasteiger charge is -2.16. The molecule has 1 aliphatic rings. The molecule has 30 heavy (non-hydrogen) atoms. The van der Waals surface area contributed by atoms with Crippen LogP contribution in [0.25, 0.3) is 6.08 Å². The van der Waals surface area contributed by atoms with Crippen LogP contribution < -0.4 is 14.9 Å². The average molecular weight is 428 g/mol. The van der Waals surface area contributed by atoms with E-state index in [1.165, 1.54) is 10.4 Å². The van der Waals surface area contributed by atoms with Crippen LogP contribution in [0.2, 0.25) is 0 Å². The highest BCUT2D eigenvalue weighted by atomic mass is 32.2. The van der Waals surface area contributed by atoms with Gasteiger partial charge in [0.2, 0.25) is 15.9 Å². The fourth-order valence-corrected chi connectivity index (χ4v) is 4.68. The summed E-state index contributed by atoms with van der Waals surface area (Å²) in [4.78, 5) is 24.3. The maximum Gasteiger partial charge on any atom is 0.251 e. The Morgan fingerprint density at radius 3 is 2.57 bits per heavy atom. The van der Waals surface area contributed by atoms with Crippen molar-refractivity contribution in [3.63, 3.8) is 0 Å². The molecule has 0 saturated carbocycles. The van der Waals surface area contributed by atoms with Crippen molar-refractivity contribution in [3.8, 4) is 0 Å². The SMILES string of the molecule is CCCNC(=O)c1cccc(NC(=O)/C=C/c2ccc(N3CCCS3(=O)=O)cc2)c1. The van der Waals surface area contributed by atoms with E-state index in [4.69, 9.17) is 0 Å². The molecule has 1 fully saturated rings. The number of benzene rings is 2. The molecule has 0 spiro atoms. The lowest BCUT2D eigenvalue weighted by atomic mass is 10.1. The summed E-state index contributed by atoms with van der Waals surface area (Å²) < 4.78 is 25.4. The molecule has 0 aliphatic carbocycles. The topological polar surface area (TPSA) is 95.6 Å². The van der Waals surface area contributed by atoms with Crippen molar-refractivity contribution < 1.29 is 18.0 Å². The molecule has 2 aromatic carbocycles. The van der Waals surface area contributed by atoms with Gasteiger partial charge < -0.3 is 10.6 Å². The first-order valence-corrected chi connectivity index (χ1v) is 11.5. The molecule has 158 valence electrons. The maximum absolute atomic E-state index is 12.2. The molecule has 0 radical (unpaired) electrons. The van der Waals surface area contributed by atoms with Crippen LogP contribution in [0.4, 0.5) is 11.4 Å². The highest BCUT2D eigenvalue weighted by Crippen LogP contribution is 2.24. The zero-order valence-electron chi connectivity index (χ0n) is 16.8. The van der Waals surface area contributed by atoms with Crippen molar-refractivity contribution in [2.24, 2.45) is 0 Å². The summed E-state index contributed by atoms with van der Waals surface area (Å²) in [6.07, 6.45) is 4.52. The number of carbonyl (C=O) groups is 2. The van der Waals surface area contributed by atoms with Gasteiger partial charge in [0.05, 0.1) is 11.4 Å². The molecule has 8 heteroatoms. The predicted octanol–water partition coefficient (Wildman–Crippen LogP) is 3.02. The van der Waals surface area contributed by atoms with Gasteiger partial charge in [-0.2, -0.15) is 0 Å². The van der Waals surface area contributed by atoms with Crippen LogP contribution in [0.15, 0.2) is 54.6 Å². The number of rotatable bonds is 7. The third-order valence-corrected chi connectivity index (χ3v) is 6.50. The van der Waals surface area contributed by atoms with E-state index in [0.29, 0.717) is 36.4 Å². The minimum Gasteiger partial charge on any atom is -0.352 e. The molecule has 0 unspecified atom stereocenters. The number of carbonyl (C=O) groups excluding carboxylic acids is 2. The Kier molecular flexibility index (Phi) is 6.89. The fraction of sp³-hybridized carbons (Fsp3) is 0.273. The molecule has 7 nitrogen and oxygen atoms in total. The molecule has 0 aromatic heterocycles. The van der Waals surface area contributed by atoms with Gasteiger partial charge in [0.25, 0.3) is 5.91 Å². The van der Waals surface area contributed by atoms with E-state index in [-0.39, 0.29) is 17.6 Å². The Morgan fingerprint density at radius 2 is 1.90 bits per heavy atom. The van der Waals surface area contributed by atoms with Crippen molar-refractivity contribution in [1.82, 2.24) is 5.32 Å². The Labute approximate surface area is 176 Å². The van der Waals surface area contributed by atoms with Gasteiger partial charge in [-0.15, -0.1) is 0 Å². The van der Waals surface area contributed by atoms with Crippen molar-refractivity contribution in [1.29, 1.82) is 0 Å². The van der Waals surface area contributed by atoms with Crippen molar-refractivity contribution in [2.75, 3.05) is 28.5 Å². The molecule has 0 bridgehead atoms. The minimum absolute atomic E-state index is 0.177. The first-order chi connectivity index (χ1) is 14.4. The molecule has 2 N–H and O–H groups in total. The van der Waals surface area contributed by atoms with E-state index in [0.717, 1.165) is 12.0 Å². The van der Waals surface area contributed by atoms with Crippen LogP contribution in [-0.4, -0.2) is 39.1 Å². The second-order valence-electron chi connectivity index (χ2n) is 6.99. The lowest BCUT2D eigenvalue weighted by molar-refractivity contribution is -0.111. The van der Waals surface area contributed by atoms with Gasteiger partial charge in [-0.25, -0.2) is 8.42 Å². The Hall–Kier alpha value is -3.13. The van der Waals surface area contributed by atoms with E-state index < -0.39 is 10.0 Å². The summed E-state index contributed by atoms with van der Waals surface area (Å²) in [6.45, 7) is 3.07. The third-order valence-electron chi connectivity index (χ3n) is 4.64. The van der Waals surface area contributed by atoms with Crippen molar-refractivity contribution in [2.45, 2.75) is 19.8 Å². The van der Waals surface area contributed by atoms with Crippen LogP contribution in [0.1, 0.15) is 35.7 Å². The average Bonchev–Trinajstić information content (AvgIpc) is 3.10. The summed E-state index contributed by atoms with van der Waals surface area (Å²) in [6, 6.07) is 13.8. The number of nitrogens with zero attached hydrogens (tertiary/aromatic N) is 1. The van der Waals surface area contributed by atoms with Gasteiger partial charge in [-0.1, -0.05) is 25.1 Å². The first kappa shape index (κ1) is 21.6. The Bertz CT molecular complexity index is 1050. The van der Waals surface area contributed by atoms with Gasteiger partial charge in [-0.05, 0) is 54.8 Å². The van der Waals surface area contributed by atoms with Gasteiger partial charge >= 0.3 is 0 Å². The van der Waals surface area contributed by atoms with Crippen LogP contribution in [0.5, 0.6) is 0 Å². The number of hydrogen-bond acceptors (Lipinski definition) is 4. The van der Waals surface area contributed by atoms with Gasteiger partial charge in [0.1, 0.15) is 0 Å². The van der Waals surface area contributed by atoms with Crippen LogP contribution in [0, 0.1) is 0 Å². The molecule has 0 atom stereocenters. The lowest BCUT2D eigenvalue weighted by Crippen LogP contribution is -2.24. The molecule has 2 aromatic rings. The first-order valence-electron chi connectivity index (χ1n) is 9.87. The van der Waals surface area contributed by atoms with Crippen molar-refractivity contribution >= 4 is 39.3 Å². The Balaban J connectivity index is 1.60. The molecule has 1 heterocycles. The van der Waals surface area contributed by atoms with E-state index in [1.807, 2.05) is 6.92 Å². The smallest absolute Gasteiger partial charge is 0.251 e. The molecular weight excluding hydrogens is 402 g/mol. The zero-order chi connectivity index (χ0) is 21.6. The fourth-order valence-electron chi connectivity index (χ4n) is 3.12. The van der Waals surface area contributed by atoms with Gasteiger partial charge in [0, 0.05) is 30.4 Å². The quantitative estimate of drug-likeness (QED) is 0.664. The summed E-state index contributed by atoms with van der Waals surface area (Å²) in [7, 11) is -3.21. The van der Waals surface area contributed by atoms with Crippen molar-refractivity contribution in [3.05, 3.63) is 65.7 Å². The minimum atomic E-state index is -3.21. The number of hydrogen-bond donors (Lipinski definition) is 2. The molecular formula is C22H25N3O4S. The monoisotopic (exact) mass is 427 g/mol. The maximum atomic E-state index is 12.2. The molecule has 3 rings (SSSR count). The summed E-state index contributed by atoms with van der Waals surface area (Å²) >= 11 is 0. The molecule has 1 aliphatic heterocycles. The summed E-state index contributed by atoms with van der Waals surface area (Å²) in [5.74, 6) is -0.327. The second-order valence-corrected chi connectivity index (χ2v) is 9.01. The van der Waals surface area contributed by atoms with Crippen LogP contribution in [-0.2, 0) is 14.8 Å². The highest BCUT2D eigenvalue weighted by molar-refractivity contribution is 7.93. The van der Waals surface area contributed by atoms with Crippen LogP contribution in [0.3, 0.4) is 0 Å². The number of anilines is 2. The van der Waals surface area contributed by atoms with Gasteiger partial charge in [-0.3, -0.25) is 13.9 Å². The van der Waals surface area contributed by atoms with Crippen LogP contribution >= 0.6 is 0 Å². The molecule has 2 amide bonds. The van der Waals surface area contributed by atoms with E-state index in [1.54, 1.807) is 54.6 Å². The standard InChI is InChI=1S/C22H25N3O4S/c1-2-13-23-22(27)18-5-3-6-19(16-18)24-21(26)12-9-17-7-10-20(11-8-17)25-14-4-15-30(25,28)29/h3,5-12,16H,2,4,13-15H2,1H3,(H,23,27)(H,24,26)/b12-9+. The third kappa shape index (κ3) is 5.48. The second kappa shape index (κ2) is 9.58. The largest absolute Gasteiger partial charge is 0.352 e. The Morgan fingerprint density at radius 1 is 1.13 bits per heavy atom. The predicted molar refractivity (Wildman–Crippen MR) is 119 cm³/mol. The summed E-state index contributed by atoms with van der Waals surface area (Å²) in [5, 5.41) is 5.54. The normalized spacial score (nSPS) is 15.3.